The largest absolute Gasteiger partial charge is 0.497 e. The molecule has 1 N–H and O–H groups in total. The number of hydrogen-bond acceptors (Lipinski definition) is 4. The molecule has 0 saturated heterocycles. The van der Waals surface area contributed by atoms with E-state index in [-0.39, 0.29) is 23.3 Å². The molecule has 0 amide bonds. The van der Waals surface area contributed by atoms with Crippen molar-refractivity contribution in [1.82, 2.24) is 0 Å². The normalized spacial score (nSPS) is 10.0. The van der Waals surface area contributed by atoms with E-state index in [4.69, 9.17) is 9.84 Å². The van der Waals surface area contributed by atoms with E-state index in [9.17, 15) is 14.4 Å². The number of benzene rings is 2. The Morgan fingerprint density at radius 1 is 0.909 bits per heavy atom. The van der Waals surface area contributed by atoms with Gasteiger partial charge in [-0.1, -0.05) is 18.2 Å². The van der Waals surface area contributed by atoms with Gasteiger partial charge in [0.1, 0.15) is 5.75 Å². The van der Waals surface area contributed by atoms with Crippen molar-refractivity contribution in [2.75, 3.05) is 7.11 Å². The van der Waals surface area contributed by atoms with Gasteiger partial charge in [-0.05, 0) is 30.3 Å². The first-order chi connectivity index (χ1) is 10.5. The zero-order valence-corrected chi connectivity index (χ0v) is 11.9. The number of ether oxygens (including phenoxy) is 1. The van der Waals surface area contributed by atoms with Gasteiger partial charge in [0.2, 0.25) is 0 Å². The lowest BCUT2D eigenvalue weighted by atomic mass is 9.98. The summed E-state index contributed by atoms with van der Waals surface area (Å²) in [6, 6.07) is 12.2. The van der Waals surface area contributed by atoms with E-state index in [2.05, 4.69) is 0 Å². The predicted molar refractivity (Wildman–Crippen MR) is 79.7 cm³/mol. The molecule has 0 unspecified atom stereocenters. The molecule has 5 heteroatoms. The maximum absolute atomic E-state index is 12.2. The van der Waals surface area contributed by atoms with Crippen molar-refractivity contribution >= 4 is 17.5 Å². The van der Waals surface area contributed by atoms with Crippen LogP contribution in [0.15, 0.2) is 48.5 Å². The molecule has 0 spiro atoms. The number of aromatic carboxylic acids is 1. The minimum absolute atomic E-state index is 0.0388. The van der Waals surface area contributed by atoms with E-state index in [1.807, 2.05) is 0 Å². The topological polar surface area (TPSA) is 80.7 Å². The van der Waals surface area contributed by atoms with Crippen LogP contribution in [0.3, 0.4) is 0 Å². The van der Waals surface area contributed by atoms with E-state index in [0.717, 1.165) is 0 Å². The van der Waals surface area contributed by atoms with Crippen LogP contribution in [0.5, 0.6) is 5.75 Å². The molecule has 0 aromatic heterocycles. The second kappa shape index (κ2) is 6.67. The highest BCUT2D eigenvalue weighted by molar-refractivity contribution is 6.16. The molecule has 0 radical (unpaired) electrons. The van der Waals surface area contributed by atoms with Crippen LogP contribution in [0.2, 0.25) is 0 Å². The molecule has 112 valence electrons. The molecular formula is C17H14O5. The number of carbonyl (C=O) groups is 3. The van der Waals surface area contributed by atoms with Gasteiger partial charge >= 0.3 is 5.97 Å². The summed E-state index contributed by atoms with van der Waals surface area (Å²) in [7, 11) is 1.52. The molecule has 2 rings (SSSR count). The molecule has 0 saturated carbocycles. The summed E-state index contributed by atoms with van der Waals surface area (Å²) in [6.45, 7) is 0. The van der Waals surface area contributed by atoms with Crippen LogP contribution >= 0.6 is 0 Å². The molecule has 2 aromatic carbocycles. The second-order valence-corrected chi connectivity index (χ2v) is 4.60. The van der Waals surface area contributed by atoms with Gasteiger partial charge in [-0.3, -0.25) is 9.59 Å². The minimum atomic E-state index is -1.19. The summed E-state index contributed by atoms with van der Waals surface area (Å²) in [6.07, 6.45) is -0.378. The Labute approximate surface area is 127 Å². The summed E-state index contributed by atoms with van der Waals surface area (Å²) in [5.41, 5.74) is 0.314. The highest BCUT2D eigenvalue weighted by atomic mass is 16.5. The zero-order chi connectivity index (χ0) is 16.1. The number of ketones is 2. The van der Waals surface area contributed by atoms with Crippen molar-refractivity contribution < 1.29 is 24.2 Å². The fourth-order valence-electron chi connectivity index (χ4n) is 2.03. The number of Topliss-reactive ketones (excluding diaryl/α,β-unsaturated/α-hetero) is 2. The van der Waals surface area contributed by atoms with Gasteiger partial charge < -0.3 is 9.84 Å². The van der Waals surface area contributed by atoms with Gasteiger partial charge in [0, 0.05) is 11.1 Å². The van der Waals surface area contributed by atoms with Gasteiger partial charge in [-0.15, -0.1) is 0 Å². The van der Waals surface area contributed by atoms with Crippen LogP contribution < -0.4 is 4.74 Å². The highest BCUT2D eigenvalue weighted by Gasteiger charge is 2.19. The predicted octanol–water partition coefficient (Wildman–Crippen LogP) is 2.85. The van der Waals surface area contributed by atoms with Gasteiger partial charge in [-0.25, -0.2) is 4.79 Å². The third kappa shape index (κ3) is 3.38. The lowest BCUT2D eigenvalue weighted by molar-refractivity contribution is 0.0690. The van der Waals surface area contributed by atoms with Crippen molar-refractivity contribution in [1.29, 1.82) is 0 Å². The molecule has 0 aliphatic carbocycles. The lowest BCUT2D eigenvalue weighted by Gasteiger charge is -2.05. The Morgan fingerprint density at radius 3 is 2.05 bits per heavy atom. The number of carboxylic acid groups (broad SMARTS) is 1. The maximum atomic E-state index is 12.2. The molecule has 0 aliphatic rings. The van der Waals surface area contributed by atoms with Crippen molar-refractivity contribution in [3.05, 3.63) is 65.2 Å². The van der Waals surface area contributed by atoms with Crippen molar-refractivity contribution in [2.24, 2.45) is 0 Å². The van der Waals surface area contributed by atoms with Crippen molar-refractivity contribution in [2.45, 2.75) is 6.42 Å². The summed E-state index contributed by atoms with van der Waals surface area (Å²) in [4.78, 5) is 35.4. The van der Waals surface area contributed by atoms with E-state index in [1.165, 1.54) is 25.3 Å². The van der Waals surface area contributed by atoms with Gasteiger partial charge in [0.05, 0.1) is 19.1 Å². The molecule has 0 fully saturated rings. The van der Waals surface area contributed by atoms with Crippen LogP contribution in [0.4, 0.5) is 0 Å². The average Bonchev–Trinajstić information content (AvgIpc) is 2.54. The minimum Gasteiger partial charge on any atom is -0.497 e. The first-order valence-electron chi connectivity index (χ1n) is 6.55. The summed E-state index contributed by atoms with van der Waals surface area (Å²) >= 11 is 0. The Bertz CT molecular complexity index is 716. The Balaban J connectivity index is 2.18. The molecule has 0 aliphatic heterocycles. The zero-order valence-electron chi connectivity index (χ0n) is 11.9. The number of methoxy groups -OCH3 is 1. The molecule has 0 bridgehead atoms. The summed E-state index contributed by atoms with van der Waals surface area (Å²) in [5.74, 6) is -1.47. The molecule has 22 heavy (non-hydrogen) atoms. The van der Waals surface area contributed by atoms with Gasteiger partial charge in [0.25, 0.3) is 0 Å². The number of rotatable bonds is 6. The second-order valence-electron chi connectivity index (χ2n) is 4.60. The summed E-state index contributed by atoms with van der Waals surface area (Å²) in [5, 5.41) is 9.07. The van der Waals surface area contributed by atoms with E-state index < -0.39 is 11.8 Å². The quantitative estimate of drug-likeness (QED) is 0.655. The van der Waals surface area contributed by atoms with Crippen molar-refractivity contribution in [3.8, 4) is 5.75 Å². The van der Waals surface area contributed by atoms with E-state index in [1.54, 1.807) is 30.3 Å². The fourth-order valence-corrected chi connectivity index (χ4v) is 2.03. The maximum Gasteiger partial charge on any atom is 0.336 e. The monoisotopic (exact) mass is 298 g/mol. The highest BCUT2D eigenvalue weighted by Crippen LogP contribution is 2.16. The van der Waals surface area contributed by atoms with Crippen LogP contribution in [0.25, 0.3) is 0 Å². The van der Waals surface area contributed by atoms with Crippen LogP contribution in [-0.2, 0) is 0 Å². The lowest BCUT2D eigenvalue weighted by Crippen LogP contribution is -2.13. The number of carboxylic acids is 1. The van der Waals surface area contributed by atoms with Crippen LogP contribution in [0.1, 0.15) is 37.5 Å². The third-order valence-corrected chi connectivity index (χ3v) is 3.19. The number of carbonyl (C=O) groups excluding carboxylic acids is 2. The Kier molecular flexibility index (Phi) is 4.68. The molecule has 2 aromatic rings. The standard InChI is InChI=1S/C17H14O5/c1-22-12-8-6-11(7-9-12)15(18)10-16(19)13-4-2-3-5-14(13)17(20)21/h2-9H,10H2,1H3,(H,20,21). The number of hydrogen-bond donors (Lipinski definition) is 1. The Hall–Kier alpha value is -2.95. The summed E-state index contributed by atoms with van der Waals surface area (Å²) < 4.78 is 5.00. The van der Waals surface area contributed by atoms with E-state index in [0.29, 0.717) is 11.3 Å². The van der Waals surface area contributed by atoms with Crippen molar-refractivity contribution in [3.63, 3.8) is 0 Å². The first kappa shape index (κ1) is 15.4. The SMILES string of the molecule is COc1ccc(C(=O)CC(=O)c2ccccc2C(=O)O)cc1. The van der Waals surface area contributed by atoms with Gasteiger partial charge in [0.15, 0.2) is 11.6 Å². The van der Waals surface area contributed by atoms with Crippen LogP contribution in [-0.4, -0.2) is 29.8 Å². The first-order valence-corrected chi connectivity index (χ1v) is 6.55. The third-order valence-electron chi connectivity index (χ3n) is 3.19. The Morgan fingerprint density at radius 2 is 1.50 bits per heavy atom. The molecule has 0 heterocycles. The van der Waals surface area contributed by atoms with Crippen LogP contribution in [0, 0.1) is 0 Å². The molecular weight excluding hydrogens is 284 g/mol. The molecule has 5 nitrogen and oxygen atoms in total. The smallest absolute Gasteiger partial charge is 0.336 e. The fraction of sp³-hybridized carbons (Fsp3) is 0.118. The average molecular weight is 298 g/mol. The van der Waals surface area contributed by atoms with E-state index >= 15 is 0 Å². The van der Waals surface area contributed by atoms with Gasteiger partial charge in [-0.2, -0.15) is 0 Å². The molecule has 0 atom stereocenters.